The lowest BCUT2D eigenvalue weighted by Crippen LogP contribution is -2.39. The number of aliphatic hydroxyl groups excluding tert-OH is 2. The largest absolute Gasteiger partial charge is 0.489 e. The van der Waals surface area contributed by atoms with E-state index in [1.165, 1.54) is 12.3 Å². The molecule has 0 aliphatic carbocycles. The van der Waals surface area contributed by atoms with Crippen molar-refractivity contribution in [3.8, 4) is 11.5 Å². The first-order chi connectivity index (χ1) is 12.3. The lowest BCUT2D eigenvalue weighted by molar-refractivity contribution is -0.0429. The third-order valence-corrected chi connectivity index (χ3v) is 3.77. The second-order valence-electron chi connectivity index (χ2n) is 6.17. The SMILES string of the molecule is Cc1ccc(OC(C)NCC(O)COc2cc(C(O)O)cnc2C)cc1. The number of aromatic nitrogens is 1. The van der Waals surface area contributed by atoms with Crippen molar-refractivity contribution in [2.75, 3.05) is 13.2 Å². The van der Waals surface area contributed by atoms with E-state index in [4.69, 9.17) is 9.47 Å². The maximum atomic E-state index is 10.1. The van der Waals surface area contributed by atoms with Crippen LogP contribution in [0.1, 0.15) is 30.0 Å². The van der Waals surface area contributed by atoms with Crippen LogP contribution in [-0.4, -0.2) is 45.8 Å². The van der Waals surface area contributed by atoms with E-state index >= 15 is 0 Å². The molecule has 2 rings (SSSR count). The molecule has 7 nitrogen and oxygen atoms in total. The van der Waals surface area contributed by atoms with Crippen molar-refractivity contribution >= 4 is 0 Å². The molecule has 0 radical (unpaired) electrons. The maximum absolute atomic E-state index is 10.1. The number of hydrogen-bond acceptors (Lipinski definition) is 7. The van der Waals surface area contributed by atoms with Gasteiger partial charge in [0.2, 0.25) is 0 Å². The van der Waals surface area contributed by atoms with Gasteiger partial charge in [0.1, 0.15) is 30.4 Å². The number of ether oxygens (including phenoxy) is 2. The number of pyridine rings is 1. The van der Waals surface area contributed by atoms with E-state index in [0.29, 0.717) is 11.4 Å². The smallest absolute Gasteiger partial charge is 0.180 e. The molecule has 2 aromatic rings. The Morgan fingerprint density at radius 2 is 1.81 bits per heavy atom. The minimum absolute atomic E-state index is 0.0394. The molecule has 2 atom stereocenters. The summed E-state index contributed by atoms with van der Waals surface area (Å²) in [5.41, 5.74) is 2.00. The number of nitrogens with zero attached hydrogens (tertiary/aromatic N) is 1. The van der Waals surface area contributed by atoms with Crippen molar-refractivity contribution in [1.29, 1.82) is 0 Å². The van der Waals surface area contributed by atoms with E-state index in [2.05, 4.69) is 10.3 Å². The van der Waals surface area contributed by atoms with Crippen molar-refractivity contribution in [1.82, 2.24) is 10.3 Å². The fraction of sp³-hybridized carbons (Fsp3) is 0.421. The van der Waals surface area contributed by atoms with Gasteiger partial charge in [-0.25, -0.2) is 0 Å². The van der Waals surface area contributed by atoms with Gasteiger partial charge in [-0.1, -0.05) is 17.7 Å². The standard InChI is InChI=1S/C19H26N2O5/c1-12-4-6-17(7-5-12)26-14(3)21-10-16(22)11-25-18-8-15(19(23)24)9-20-13(18)2/h4-9,14,16,19,21-24H,10-11H2,1-3H3. The fourth-order valence-electron chi connectivity index (χ4n) is 2.22. The monoisotopic (exact) mass is 362 g/mol. The van der Waals surface area contributed by atoms with Crippen LogP contribution in [0.3, 0.4) is 0 Å². The van der Waals surface area contributed by atoms with Gasteiger partial charge in [-0.2, -0.15) is 0 Å². The van der Waals surface area contributed by atoms with E-state index in [1.54, 1.807) is 6.92 Å². The number of aliphatic hydroxyl groups is 3. The van der Waals surface area contributed by atoms with Crippen LogP contribution >= 0.6 is 0 Å². The van der Waals surface area contributed by atoms with E-state index in [0.717, 1.165) is 11.3 Å². The van der Waals surface area contributed by atoms with Crippen molar-refractivity contribution < 1.29 is 24.8 Å². The second kappa shape index (κ2) is 9.49. The van der Waals surface area contributed by atoms with Crippen LogP contribution < -0.4 is 14.8 Å². The van der Waals surface area contributed by atoms with Crippen LogP contribution in [0.2, 0.25) is 0 Å². The van der Waals surface area contributed by atoms with Gasteiger partial charge < -0.3 is 24.8 Å². The summed E-state index contributed by atoms with van der Waals surface area (Å²) in [6.07, 6.45) is -1.28. The molecule has 1 heterocycles. The van der Waals surface area contributed by atoms with Crippen LogP contribution in [0.4, 0.5) is 0 Å². The first-order valence-corrected chi connectivity index (χ1v) is 8.45. The molecule has 2 unspecified atom stereocenters. The predicted molar refractivity (Wildman–Crippen MR) is 96.9 cm³/mol. The summed E-state index contributed by atoms with van der Waals surface area (Å²) in [7, 11) is 0. The quantitative estimate of drug-likeness (QED) is 0.500. The fourth-order valence-corrected chi connectivity index (χ4v) is 2.22. The molecule has 0 aliphatic heterocycles. The Labute approximate surface area is 153 Å². The number of aryl methyl sites for hydroxylation is 2. The van der Waals surface area contributed by atoms with Gasteiger partial charge in [-0.15, -0.1) is 0 Å². The van der Waals surface area contributed by atoms with Gasteiger partial charge in [0.15, 0.2) is 6.29 Å². The Bertz CT molecular complexity index is 691. The first-order valence-electron chi connectivity index (χ1n) is 8.45. The summed E-state index contributed by atoms with van der Waals surface area (Å²) < 4.78 is 11.3. The van der Waals surface area contributed by atoms with Crippen molar-refractivity contribution in [3.05, 3.63) is 53.3 Å². The molecule has 0 spiro atoms. The highest BCUT2D eigenvalue weighted by Gasteiger charge is 2.12. The van der Waals surface area contributed by atoms with Crippen LogP contribution in [0.15, 0.2) is 36.5 Å². The second-order valence-corrected chi connectivity index (χ2v) is 6.17. The summed E-state index contributed by atoms with van der Waals surface area (Å²) in [5, 5.41) is 31.5. The molecule has 1 aromatic carbocycles. The number of benzene rings is 1. The van der Waals surface area contributed by atoms with Crippen LogP contribution in [-0.2, 0) is 0 Å². The zero-order chi connectivity index (χ0) is 19.1. The molecule has 142 valence electrons. The Kier molecular flexibility index (Phi) is 7.35. The van der Waals surface area contributed by atoms with Gasteiger partial charge in [0.05, 0.1) is 5.69 Å². The average molecular weight is 362 g/mol. The van der Waals surface area contributed by atoms with Gasteiger partial charge >= 0.3 is 0 Å². The topological polar surface area (TPSA) is 104 Å². The Morgan fingerprint density at radius 3 is 2.46 bits per heavy atom. The molecule has 0 fully saturated rings. The molecule has 26 heavy (non-hydrogen) atoms. The number of rotatable bonds is 9. The Hall–Kier alpha value is -2.19. The highest BCUT2D eigenvalue weighted by molar-refractivity contribution is 5.31. The molecule has 0 saturated heterocycles. The van der Waals surface area contributed by atoms with Crippen molar-refractivity contribution in [3.63, 3.8) is 0 Å². The van der Waals surface area contributed by atoms with E-state index in [9.17, 15) is 15.3 Å². The maximum Gasteiger partial charge on any atom is 0.180 e. The molecule has 0 saturated carbocycles. The van der Waals surface area contributed by atoms with Crippen molar-refractivity contribution in [2.24, 2.45) is 0 Å². The summed E-state index contributed by atoms with van der Waals surface area (Å²) in [6.45, 7) is 5.92. The summed E-state index contributed by atoms with van der Waals surface area (Å²) in [5.74, 6) is 1.15. The lowest BCUT2D eigenvalue weighted by atomic mass is 10.2. The molecule has 7 heteroatoms. The van der Waals surface area contributed by atoms with Gasteiger partial charge in [-0.05, 0) is 39.0 Å². The molecular weight excluding hydrogens is 336 g/mol. The predicted octanol–water partition coefficient (Wildman–Crippen LogP) is 1.44. The van der Waals surface area contributed by atoms with Gasteiger partial charge in [-0.3, -0.25) is 10.3 Å². The summed E-state index contributed by atoms with van der Waals surface area (Å²) in [4.78, 5) is 4.04. The van der Waals surface area contributed by atoms with E-state index in [1.807, 2.05) is 38.1 Å². The minimum atomic E-state index is -1.61. The normalized spacial score (nSPS) is 13.5. The summed E-state index contributed by atoms with van der Waals surface area (Å²) >= 11 is 0. The van der Waals surface area contributed by atoms with Crippen LogP contribution in [0.25, 0.3) is 0 Å². The van der Waals surface area contributed by atoms with Gasteiger partial charge in [0.25, 0.3) is 0 Å². The summed E-state index contributed by atoms with van der Waals surface area (Å²) in [6, 6.07) is 9.23. The molecule has 1 aromatic heterocycles. The molecule has 0 aliphatic rings. The zero-order valence-corrected chi connectivity index (χ0v) is 15.2. The Morgan fingerprint density at radius 1 is 1.12 bits per heavy atom. The minimum Gasteiger partial charge on any atom is -0.489 e. The molecule has 0 amide bonds. The van der Waals surface area contributed by atoms with Crippen LogP contribution in [0.5, 0.6) is 11.5 Å². The Balaban J connectivity index is 1.77. The first kappa shape index (κ1) is 20.1. The average Bonchev–Trinajstić information content (AvgIpc) is 2.61. The van der Waals surface area contributed by atoms with E-state index in [-0.39, 0.29) is 24.9 Å². The van der Waals surface area contributed by atoms with Crippen LogP contribution in [0, 0.1) is 13.8 Å². The van der Waals surface area contributed by atoms with Crippen molar-refractivity contribution in [2.45, 2.75) is 39.4 Å². The number of nitrogens with one attached hydrogen (secondary N) is 1. The number of hydrogen-bond donors (Lipinski definition) is 4. The molecule has 4 N–H and O–H groups in total. The van der Waals surface area contributed by atoms with Gasteiger partial charge in [0, 0.05) is 18.3 Å². The zero-order valence-electron chi connectivity index (χ0n) is 15.2. The third kappa shape index (κ3) is 6.27. The molecule has 0 bridgehead atoms. The lowest BCUT2D eigenvalue weighted by Gasteiger charge is -2.19. The highest BCUT2D eigenvalue weighted by Crippen LogP contribution is 2.20. The van der Waals surface area contributed by atoms with E-state index < -0.39 is 12.4 Å². The third-order valence-electron chi connectivity index (χ3n) is 3.77. The highest BCUT2D eigenvalue weighted by atomic mass is 16.5. The molecular formula is C19H26N2O5.